The highest BCUT2D eigenvalue weighted by Crippen LogP contribution is 2.77. The van der Waals surface area contributed by atoms with E-state index in [4.69, 9.17) is 4.74 Å². The van der Waals surface area contributed by atoms with Gasteiger partial charge in [0.1, 0.15) is 6.10 Å². The molecule has 2 amide bonds. The van der Waals surface area contributed by atoms with Gasteiger partial charge in [-0.25, -0.2) is 0 Å². The number of piperazine rings is 1. The Morgan fingerprint density at radius 1 is 0.831 bits per heavy atom. The number of aromatic hydroxyl groups is 2. The number of hydrogen-bond acceptors (Lipinski definition) is 7. The Hall–Kier alpha value is -3.82. The SMILES string of the molecule is C=C(C)[C@@H]1CC[C@]2(C(=O)N3CCN(C(=O)/C=C/c4ccc(O)c(O)c4)CC3)CC[C@]3(C)[C@H](CC[C@@H]4[C@@]5(C)CC[C@H](OC(=O)CC(C)(C)C(=O)O)C(C)(C)[C@@H]5CC[C@]43C)[C@@H]12. The van der Waals surface area contributed by atoms with E-state index in [-0.39, 0.29) is 63.4 Å². The normalized spacial score (nSPS) is 37.8. The molecule has 324 valence electrons. The first-order valence-corrected chi connectivity index (χ1v) is 22.4. The first-order valence-electron chi connectivity index (χ1n) is 22.4. The molecule has 7 rings (SSSR count). The molecule has 59 heavy (non-hydrogen) atoms. The number of aliphatic carboxylic acids is 1. The van der Waals surface area contributed by atoms with E-state index in [9.17, 15) is 29.7 Å². The molecule has 1 saturated heterocycles. The fourth-order valence-electron chi connectivity index (χ4n) is 14.7. The molecule has 6 fully saturated rings. The van der Waals surface area contributed by atoms with Crippen molar-refractivity contribution in [1.82, 2.24) is 9.80 Å². The van der Waals surface area contributed by atoms with Crippen LogP contribution in [0, 0.1) is 62.1 Å². The number of nitrogens with zero attached hydrogens (tertiary/aromatic N) is 2. The monoisotopic (exact) mass is 815 g/mol. The standard InChI is InChI=1S/C49H70N2O8/c1-30(2)32-16-21-49(42(56)51-26-24-50(25-27-51)39(54)15-11-31-10-13-34(52)35(53)28-31)23-22-47(8)33(41(32)49)12-14-37-46(7)19-18-38(59-40(55)29-44(3,4)43(57)58)45(5,6)36(46)17-20-48(37,47)9/h10-11,13,15,28,32-33,36-38,41,52-53H,1,12,14,16-27,29H2,2-9H3,(H,57,58)/b15-11+/t32-,33+,36-,37+,38-,41+,46-,47+,48+,49-/m0/s1. The second-order valence-corrected chi connectivity index (χ2v) is 21.7. The summed E-state index contributed by atoms with van der Waals surface area (Å²) >= 11 is 0. The maximum atomic E-state index is 15.1. The maximum Gasteiger partial charge on any atom is 0.309 e. The average molecular weight is 815 g/mol. The number of carboxylic acid groups (broad SMARTS) is 1. The van der Waals surface area contributed by atoms with E-state index in [2.05, 4.69) is 53.0 Å². The van der Waals surface area contributed by atoms with Gasteiger partial charge in [-0.1, -0.05) is 52.8 Å². The third-order valence-corrected chi connectivity index (χ3v) is 18.2. The summed E-state index contributed by atoms with van der Waals surface area (Å²) in [6.07, 6.45) is 12.7. The summed E-state index contributed by atoms with van der Waals surface area (Å²) < 4.78 is 6.19. The largest absolute Gasteiger partial charge is 0.504 e. The van der Waals surface area contributed by atoms with E-state index in [1.54, 1.807) is 30.9 Å². The van der Waals surface area contributed by atoms with Crippen molar-refractivity contribution in [2.75, 3.05) is 26.2 Å². The number of phenolic OH excluding ortho intramolecular Hbond substituents is 2. The number of phenols is 2. The van der Waals surface area contributed by atoms with Gasteiger partial charge in [-0.2, -0.15) is 0 Å². The number of hydrogen-bond donors (Lipinski definition) is 3. The van der Waals surface area contributed by atoms with Gasteiger partial charge in [-0.3, -0.25) is 19.2 Å². The second kappa shape index (κ2) is 15.0. The number of carbonyl (C=O) groups is 4. The zero-order valence-corrected chi connectivity index (χ0v) is 36.9. The van der Waals surface area contributed by atoms with E-state index in [1.165, 1.54) is 23.8 Å². The molecule has 0 unspecified atom stereocenters. The number of rotatable bonds is 8. The van der Waals surface area contributed by atoms with Crippen molar-refractivity contribution in [2.24, 2.45) is 62.1 Å². The van der Waals surface area contributed by atoms with Gasteiger partial charge in [0.2, 0.25) is 11.8 Å². The smallest absolute Gasteiger partial charge is 0.309 e. The van der Waals surface area contributed by atoms with Gasteiger partial charge in [0, 0.05) is 37.7 Å². The first-order chi connectivity index (χ1) is 27.5. The first kappa shape index (κ1) is 43.3. The molecular formula is C49H70N2O8. The molecule has 1 heterocycles. The van der Waals surface area contributed by atoms with Crippen molar-refractivity contribution in [3.8, 4) is 11.5 Å². The number of benzene rings is 1. The van der Waals surface area contributed by atoms with E-state index in [0.717, 1.165) is 64.2 Å². The Balaban J connectivity index is 1.07. The lowest BCUT2D eigenvalue weighted by Crippen LogP contribution is -2.68. The highest BCUT2D eigenvalue weighted by Gasteiger charge is 2.72. The highest BCUT2D eigenvalue weighted by atomic mass is 16.5. The van der Waals surface area contributed by atoms with Gasteiger partial charge in [0.05, 0.1) is 17.3 Å². The molecule has 0 bridgehead atoms. The summed E-state index contributed by atoms with van der Waals surface area (Å²) in [5.41, 5.74) is 0.172. The van der Waals surface area contributed by atoms with Crippen LogP contribution in [0.3, 0.4) is 0 Å². The van der Waals surface area contributed by atoms with Crippen LogP contribution in [0.4, 0.5) is 0 Å². The molecule has 6 aliphatic rings. The van der Waals surface area contributed by atoms with Crippen molar-refractivity contribution in [3.05, 3.63) is 42.0 Å². The Morgan fingerprint density at radius 2 is 1.51 bits per heavy atom. The lowest BCUT2D eigenvalue weighted by molar-refractivity contribution is -0.250. The van der Waals surface area contributed by atoms with Crippen LogP contribution < -0.4 is 0 Å². The molecule has 1 aromatic carbocycles. The molecule has 0 spiro atoms. The summed E-state index contributed by atoms with van der Waals surface area (Å²) in [6, 6.07) is 4.45. The third kappa shape index (κ3) is 6.90. The number of carbonyl (C=O) groups excluding carboxylic acids is 3. The molecule has 3 N–H and O–H groups in total. The van der Waals surface area contributed by atoms with Gasteiger partial charge in [-0.15, -0.1) is 0 Å². The lowest BCUT2D eigenvalue weighted by Gasteiger charge is -2.73. The van der Waals surface area contributed by atoms with Gasteiger partial charge < -0.3 is 29.9 Å². The summed E-state index contributed by atoms with van der Waals surface area (Å²) in [5.74, 6) is 0.0997. The molecule has 1 aromatic rings. The van der Waals surface area contributed by atoms with Crippen LogP contribution in [0.25, 0.3) is 6.08 Å². The Kier molecular flexibility index (Phi) is 11.0. The van der Waals surface area contributed by atoms with Gasteiger partial charge in [0.25, 0.3) is 0 Å². The quantitative estimate of drug-likeness (QED) is 0.102. The van der Waals surface area contributed by atoms with Crippen molar-refractivity contribution in [2.45, 2.75) is 132 Å². The molecule has 10 heteroatoms. The Labute approximate surface area is 351 Å². The van der Waals surface area contributed by atoms with Crippen LogP contribution in [-0.4, -0.2) is 81.2 Å². The van der Waals surface area contributed by atoms with Crippen molar-refractivity contribution in [1.29, 1.82) is 0 Å². The fourth-order valence-corrected chi connectivity index (χ4v) is 14.7. The van der Waals surface area contributed by atoms with Crippen LogP contribution in [0.15, 0.2) is 36.4 Å². The fraction of sp³-hybridized carbons (Fsp3) is 0.714. The third-order valence-electron chi connectivity index (χ3n) is 18.2. The van der Waals surface area contributed by atoms with E-state index in [1.807, 2.05) is 0 Å². The second-order valence-electron chi connectivity index (χ2n) is 21.7. The molecule has 5 aliphatic carbocycles. The molecule has 10 atom stereocenters. The van der Waals surface area contributed by atoms with Crippen LogP contribution in [0.2, 0.25) is 0 Å². The number of ether oxygens (including phenoxy) is 1. The highest BCUT2D eigenvalue weighted by molar-refractivity contribution is 5.92. The minimum Gasteiger partial charge on any atom is -0.504 e. The predicted molar refractivity (Wildman–Crippen MR) is 227 cm³/mol. The number of fused-ring (bicyclic) bond motifs is 7. The summed E-state index contributed by atoms with van der Waals surface area (Å²) in [4.78, 5) is 57.1. The number of carboxylic acids is 1. The Morgan fingerprint density at radius 3 is 2.15 bits per heavy atom. The zero-order chi connectivity index (χ0) is 43.1. The van der Waals surface area contributed by atoms with Crippen molar-refractivity contribution in [3.63, 3.8) is 0 Å². The predicted octanol–water partition coefficient (Wildman–Crippen LogP) is 8.85. The molecule has 0 radical (unpaired) electrons. The van der Waals surface area contributed by atoms with Crippen LogP contribution in [-0.2, 0) is 23.9 Å². The molecule has 1 aliphatic heterocycles. The maximum absolute atomic E-state index is 15.1. The van der Waals surface area contributed by atoms with Gasteiger partial charge in [-0.05, 0) is 155 Å². The Bertz CT molecular complexity index is 1910. The average Bonchev–Trinajstić information content (AvgIpc) is 3.57. The van der Waals surface area contributed by atoms with Crippen LogP contribution >= 0.6 is 0 Å². The minimum absolute atomic E-state index is 0.0536. The van der Waals surface area contributed by atoms with Crippen LogP contribution in [0.5, 0.6) is 11.5 Å². The van der Waals surface area contributed by atoms with E-state index in [0.29, 0.717) is 55.4 Å². The zero-order valence-electron chi connectivity index (χ0n) is 36.9. The van der Waals surface area contributed by atoms with Crippen molar-refractivity contribution < 1.29 is 39.2 Å². The lowest BCUT2D eigenvalue weighted by atomic mass is 9.32. The summed E-state index contributed by atoms with van der Waals surface area (Å²) in [5, 5.41) is 29.1. The number of amides is 2. The van der Waals surface area contributed by atoms with Crippen molar-refractivity contribution >= 4 is 29.8 Å². The molecular weight excluding hydrogens is 745 g/mol. The number of esters is 1. The van der Waals surface area contributed by atoms with Gasteiger partial charge >= 0.3 is 11.9 Å². The van der Waals surface area contributed by atoms with Crippen LogP contribution in [0.1, 0.15) is 132 Å². The number of allylic oxidation sites excluding steroid dienone is 1. The van der Waals surface area contributed by atoms with Gasteiger partial charge in [0.15, 0.2) is 11.5 Å². The molecule has 0 aromatic heterocycles. The summed E-state index contributed by atoms with van der Waals surface area (Å²) in [6.45, 7) is 24.1. The summed E-state index contributed by atoms with van der Waals surface area (Å²) in [7, 11) is 0. The topological polar surface area (TPSA) is 145 Å². The van der Waals surface area contributed by atoms with E-state index >= 15 is 4.79 Å². The minimum atomic E-state index is -1.17. The molecule has 5 saturated carbocycles. The van der Waals surface area contributed by atoms with E-state index < -0.39 is 22.8 Å². The molecule has 10 nitrogen and oxygen atoms in total.